The van der Waals surface area contributed by atoms with Gasteiger partial charge in [0, 0.05) is 23.7 Å². The van der Waals surface area contributed by atoms with E-state index in [1.54, 1.807) is 11.4 Å². The molecule has 2 N–H and O–H groups in total. The molecule has 1 unspecified atom stereocenters. The number of benzene rings is 2. The van der Waals surface area contributed by atoms with Gasteiger partial charge in [0.05, 0.1) is 16.3 Å². The Morgan fingerprint density at radius 2 is 1.92 bits per heavy atom. The first-order valence-corrected chi connectivity index (χ1v) is 14.1. The summed E-state index contributed by atoms with van der Waals surface area (Å²) in [5.41, 5.74) is 0.196. The van der Waals surface area contributed by atoms with E-state index in [1.165, 1.54) is 18.3 Å². The Kier molecular flexibility index (Phi) is 8.03. The number of thiazole rings is 1. The van der Waals surface area contributed by atoms with Gasteiger partial charge in [-0.25, -0.2) is 17.8 Å². The van der Waals surface area contributed by atoms with Crippen LogP contribution in [0, 0.1) is 5.82 Å². The topological polar surface area (TPSA) is 74.3 Å². The number of alkyl halides is 3. The van der Waals surface area contributed by atoms with Gasteiger partial charge in [-0.2, -0.15) is 13.2 Å². The molecular weight excluding hydrogens is 552 g/mol. The second kappa shape index (κ2) is 10.8. The molecule has 0 bridgehead atoms. The Labute approximate surface area is 221 Å². The Morgan fingerprint density at radius 3 is 2.57 bits per heavy atom. The van der Waals surface area contributed by atoms with E-state index in [4.69, 9.17) is 11.6 Å². The molecule has 0 saturated heterocycles. The van der Waals surface area contributed by atoms with Crippen LogP contribution in [-0.2, 0) is 16.2 Å². The molecule has 200 valence electrons. The number of rotatable bonds is 7. The van der Waals surface area contributed by atoms with Crippen LogP contribution in [0.1, 0.15) is 36.3 Å². The molecule has 0 aliphatic heterocycles. The van der Waals surface area contributed by atoms with Crippen LogP contribution in [0.5, 0.6) is 0 Å². The fraction of sp³-hybridized carbons (Fsp3) is 0.375. The predicted molar refractivity (Wildman–Crippen MR) is 137 cm³/mol. The molecule has 0 spiro atoms. The van der Waals surface area contributed by atoms with Gasteiger partial charge in [-0.15, -0.1) is 11.3 Å². The number of likely N-dealkylation sites (N-methyl/N-ethyl adjacent to an activating group) is 1. The number of aromatic nitrogens is 1. The minimum absolute atomic E-state index is 0.0263. The Hall–Kier alpha value is -2.41. The van der Waals surface area contributed by atoms with Crippen LogP contribution in [0.4, 0.5) is 28.4 Å². The number of hydrogen-bond donors (Lipinski definition) is 2. The third-order valence-electron chi connectivity index (χ3n) is 6.47. The summed E-state index contributed by atoms with van der Waals surface area (Å²) in [4.78, 5) is 5.21. The van der Waals surface area contributed by atoms with E-state index in [0.29, 0.717) is 24.8 Å². The standard InChI is InChI=1S/C24H25ClF4N4O2S2/c1-33(2)21-11-15(14-4-3-5-16(10-14)24(27,28)29)6-7-19(21)31-20-13-18(26)22(12-17(20)25)37(34,35)32-23-30-8-9-36-23/h3-5,8-10,12-13,15,19,21,31H,6-7,11H2,1-2H3,(H,30,32)/t15?,19-,21-/m0/s1. The zero-order chi connectivity index (χ0) is 27.0. The first-order chi connectivity index (χ1) is 17.3. The van der Waals surface area contributed by atoms with Gasteiger partial charge in [-0.3, -0.25) is 4.72 Å². The van der Waals surface area contributed by atoms with E-state index in [2.05, 4.69) is 15.0 Å². The van der Waals surface area contributed by atoms with Crippen LogP contribution < -0.4 is 10.0 Å². The number of anilines is 2. The summed E-state index contributed by atoms with van der Waals surface area (Å²) in [5.74, 6) is -1.06. The van der Waals surface area contributed by atoms with Crippen LogP contribution in [0.15, 0.2) is 52.9 Å². The molecule has 6 nitrogen and oxygen atoms in total. The molecule has 4 rings (SSSR count). The zero-order valence-corrected chi connectivity index (χ0v) is 22.3. The van der Waals surface area contributed by atoms with Crippen LogP contribution in [0.25, 0.3) is 0 Å². The van der Waals surface area contributed by atoms with Crippen molar-refractivity contribution >= 4 is 43.8 Å². The maximum absolute atomic E-state index is 14.9. The van der Waals surface area contributed by atoms with Crippen LogP contribution >= 0.6 is 22.9 Å². The summed E-state index contributed by atoms with van der Waals surface area (Å²) in [7, 11) is -0.498. The fourth-order valence-corrected chi connectivity index (χ4v) is 6.80. The van der Waals surface area contributed by atoms with Crippen molar-refractivity contribution in [2.75, 3.05) is 24.1 Å². The second-order valence-corrected chi connectivity index (χ2v) is 12.1. The fourth-order valence-electron chi connectivity index (χ4n) is 4.65. The molecule has 1 aliphatic rings. The highest BCUT2D eigenvalue weighted by Crippen LogP contribution is 2.39. The van der Waals surface area contributed by atoms with E-state index in [9.17, 15) is 26.0 Å². The molecule has 0 radical (unpaired) electrons. The summed E-state index contributed by atoms with van der Waals surface area (Å²) < 4.78 is 82.0. The summed E-state index contributed by atoms with van der Waals surface area (Å²) in [6, 6.07) is 7.22. The average molecular weight is 577 g/mol. The van der Waals surface area contributed by atoms with E-state index < -0.39 is 32.5 Å². The molecule has 2 aromatic carbocycles. The van der Waals surface area contributed by atoms with Crippen molar-refractivity contribution in [3.05, 3.63) is 69.9 Å². The molecule has 0 amide bonds. The second-order valence-electron chi connectivity index (χ2n) is 9.12. The largest absolute Gasteiger partial charge is 0.416 e. The number of hydrogen-bond acceptors (Lipinski definition) is 6. The molecule has 1 aliphatic carbocycles. The molecule has 13 heteroatoms. The maximum atomic E-state index is 14.9. The van der Waals surface area contributed by atoms with Gasteiger partial charge in [-0.05, 0) is 63.0 Å². The lowest BCUT2D eigenvalue weighted by Gasteiger charge is -2.41. The first kappa shape index (κ1) is 27.6. The van der Waals surface area contributed by atoms with Crippen molar-refractivity contribution in [2.24, 2.45) is 0 Å². The highest BCUT2D eigenvalue weighted by molar-refractivity contribution is 7.93. The van der Waals surface area contributed by atoms with Gasteiger partial charge >= 0.3 is 6.18 Å². The zero-order valence-electron chi connectivity index (χ0n) is 19.9. The molecule has 3 aromatic rings. The molecule has 1 heterocycles. The highest BCUT2D eigenvalue weighted by Gasteiger charge is 2.35. The molecule has 3 atom stereocenters. The Morgan fingerprint density at radius 1 is 1.16 bits per heavy atom. The van der Waals surface area contributed by atoms with E-state index in [0.717, 1.165) is 29.5 Å². The molecule has 1 aromatic heterocycles. The molecule has 37 heavy (non-hydrogen) atoms. The normalized spacial score (nSPS) is 20.7. The van der Waals surface area contributed by atoms with E-state index >= 15 is 0 Å². The lowest BCUT2D eigenvalue weighted by molar-refractivity contribution is -0.137. The van der Waals surface area contributed by atoms with Crippen molar-refractivity contribution < 1.29 is 26.0 Å². The summed E-state index contributed by atoms with van der Waals surface area (Å²) in [5, 5.41) is 4.94. The van der Waals surface area contributed by atoms with Gasteiger partial charge in [-0.1, -0.05) is 29.8 Å². The number of nitrogens with one attached hydrogen (secondary N) is 2. The van der Waals surface area contributed by atoms with E-state index in [1.807, 2.05) is 19.0 Å². The van der Waals surface area contributed by atoms with Crippen molar-refractivity contribution in [2.45, 2.75) is 48.3 Å². The highest BCUT2D eigenvalue weighted by atomic mass is 35.5. The minimum Gasteiger partial charge on any atom is -0.379 e. The Balaban J connectivity index is 1.52. The molecule has 1 saturated carbocycles. The van der Waals surface area contributed by atoms with Gasteiger partial charge in [0.1, 0.15) is 10.7 Å². The van der Waals surface area contributed by atoms with E-state index in [-0.39, 0.29) is 33.8 Å². The van der Waals surface area contributed by atoms with Crippen LogP contribution in [-0.4, -0.2) is 44.5 Å². The molecular formula is C24H25ClF4N4O2S2. The predicted octanol–water partition coefficient (Wildman–Crippen LogP) is 6.43. The van der Waals surface area contributed by atoms with Crippen molar-refractivity contribution in [1.82, 2.24) is 9.88 Å². The third kappa shape index (κ3) is 6.36. The van der Waals surface area contributed by atoms with Crippen LogP contribution in [0.3, 0.4) is 0 Å². The van der Waals surface area contributed by atoms with Gasteiger partial charge in [0.2, 0.25) is 0 Å². The minimum atomic E-state index is -4.41. The summed E-state index contributed by atoms with van der Waals surface area (Å²) >= 11 is 7.42. The van der Waals surface area contributed by atoms with Crippen molar-refractivity contribution in [1.29, 1.82) is 0 Å². The smallest absolute Gasteiger partial charge is 0.379 e. The van der Waals surface area contributed by atoms with Crippen molar-refractivity contribution in [3.63, 3.8) is 0 Å². The summed E-state index contributed by atoms with van der Waals surface area (Å²) in [6.07, 6.45) is -1.20. The average Bonchev–Trinajstić information content (AvgIpc) is 3.33. The number of sulfonamides is 1. The van der Waals surface area contributed by atoms with Crippen molar-refractivity contribution in [3.8, 4) is 0 Å². The summed E-state index contributed by atoms with van der Waals surface area (Å²) in [6.45, 7) is 0. The monoisotopic (exact) mass is 576 g/mol. The van der Waals surface area contributed by atoms with Gasteiger partial charge in [0.25, 0.3) is 10.0 Å². The number of nitrogens with zero attached hydrogens (tertiary/aromatic N) is 2. The van der Waals surface area contributed by atoms with Crippen LogP contribution in [0.2, 0.25) is 5.02 Å². The van der Waals surface area contributed by atoms with Gasteiger partial charge in [0.15, 0.2) is 5.13 Å². The molecule has 1 fully saturated rings. The third-order valence-corrected chi connectivity index (χ3v) is 8.96. The maximum Gasteiger partial charge on any atom is 0.416 e. The Bertz CT molecular complexity index is 1350. The SMILES string of the molecule is CN(C)[C@H]1CC(c2cccc(C(F)(F)F)c2)CC[C@@H]1Nc1cc(F)c(S(=O)(=O)Nc2nccs2)cc1Cl. The number of halogens is 5. The quantitative estimate of drug-likeness (QED) is 0.317. The lowest BCUT2D eigenvalue weighted by atomic mass is 9.78. The van der Waals surface area contributed by atoms with Gasteiger partial charge < -0.3 is 10.2 Å². The lowest BCUT2D eigenvalue weighted by Crippen LogP contribution is -2.47. The first-order valence-electron chi connectivity index (χ1n) is 11.4.